The summed E-state index contributed by atoms with van der Waals surface area (Å²) >= 11 is 1.11. The van der Waals surface area contributed by atoms with E-state index in [1.54, 1.807) is 25.6 Å². The highest BCUT2D eigenvalue weighted by Gasteiger charge is 2.22. The second-order valence-electron chi connectivity index (χ2n) is 5.93. The predicted molar refractivity (Wildman–Crippen MR) is 105 cm³/mol. The standard InChI is InChI=1S/C18H19N5O3S/c1-11-15(17(26)23(22(11)3)13-7-5-4-6-8-13)21-16(25)12(2)27-18-19-10-9-14(24)20-18/h4-10,12H,1-3H3,(H,21,25)(H,19,20,24)/t12-/m0/s1. The number of amides is 1. The molecule has 0 fully saturated rings. The minimum absolute atomic E-state index is 0.230. The van der Waals surface area contributed by atoms with Crippen molar-refractivity contribution in [3.63, 3.8) is 0 Å². The maximum absolute atomic E-state index is 12.8. The lowest BCUT2D eigenvalue weighted by Crippen LogP contribution is -2.27. The Labute approximate surface area is 159 Å². The lowest BCUT2D eigenvalue weighted by Gasteiger charge is -2.10. The number of H-pyrrole nitrogens is 1. The zero-order valence-corrected chi connectivity index (χ0v) is 15.9. The van der Waals surface area contributed by atoms with Crippen molar-refractivity contribution in [3.05, 3.63) is 69.0 Å². The number of para-hydroxylation sites is 1. The van der Waals surface area contributed by atoms with E-state index < -0.39 is 5.25 Å². The van der Waals surface area contributed by atoms with Crippen molar-refractivity contribution in [1.82, 2.24) is 19.3 Å². The molecule has 27 heavy (non-hydrogen) atoms. The molecule has 0 aliphatic rings. The summed E-state index contributed by atoms with van der Waals surface area (Å²) in [5.74, 6) is -0.350. The molecule has 0 unspecified atom stereocenters. The van der Waals surface area contributed by atoms with Crippen molar-refractivity contribution in [3.8, 4) is 5.69 Å². The molecule has 2 N–H and O–H groups in total. The van der Waals surface area contributed by atoms with E-state index in [0.717, 1.165) is 11.8 Å². The van der Waals surface area contributed by atoms with Gasteiger partial charge < -0.3 is 10.3 Å². The summed E-state index contributed by atoms with van der Waals surface area (Å²) in [6.45, 7) is 3.45. The SMILES string of the molecule is Cc1c(NC(=O)[C@H](C)Sc2nccc(=O)[nH]2)c(=O)n(-c2ccccc2)n1C. The molecule has 0 aliphatic heterocycles. The summed E-state index contributed by atoms with van der Waals surface area (Å²) in [6, 6.07) is 10.5. The zero-order chi connectivity index (χ0) is 19.6. The molecule has 0 saturated carbocycles. The third-order valence-electron chi connectivity index (χ3n) is 4.11. The van der Waals surface area contributed by atoms with Crippen molar-refractivity contribution in [2.45, 2.75) is 24.3 Å². The number of anilines is 1. The quantitative estimate of drug-likeness (QED) is 0.514. The van der Waals surface area contributed by atoms with E-state index in [-0.39, 0.29) is 22.7 Å². The van der Waals surface area contributed by atoms with Crippen LogP contribution in [-0.4, -0.2) is 30.5 Å². The van der Waals surface area contributed by atoms with E-state index >= 15 is 0 Å². The molecular weight excluding hydrogens is 366 g/mol. The van der Waals surface area contributed by atoms with Crippen molar-refractivity contribution < 1.29 is 4.79 Å². The van der Waals surface area contributed by atoms with E-state index in [1.165, 1.54) is 16.9 Å². The summed E-state index contributed by atoms with van der Waals surface area (Å²) in [5.41, 5.74) is 0.985. The molecule has 1 amide bonds. The Balaban J connectivity index is 1.84. The van der Waals surface area contributed by atoms with Crippen LogP contribution in [0.25, 0.3) is 5.69 Å². The number of hydrogen-bond acceptors (Lipinski definition) is 5. The van der Waals surface area contributed by atoms with Gasteiger partial charge in [0, 0.05) is 19.3 Å². The monoisotopic (exact) mass is 385 g/mol. The van der Waals surface area contributed by atoms with Crippen molar-refractivity contribution >= 4 is 23.4 Å². The van der Waals surface area contributed by atoms with Crippen LogP contribution in [0.1, 0.15) is 12.6 Å². The maximum atomic E-state index is 12.8. The minimum atomic E-state index is -0.556. The largest absolute Gasteiger partial charge is 0.319 e. The molecule has 1 atom stereocenters. The van der Waals surface area contributed by atoms with Gasteiger partial charge in [-0.15, -0.1) is 0 Å². The Bertz CT molecular complexity index is 1080. The molecule has 2 heterocycles. The van der Waals surface area contributed by atoms with Gasteiger partial charge in [0.05, 0.1) is 16.6 Å². The van der Waals surface area contributed by atoms with Crippen LogP contribution >= 0.6 is 11.8 Å². The van der Waals surface area contributed by atoms with Crippen LogP contribution in [0.2, 0.25) is 0 Å². The summed E-state index contributed by atoms with van der Waals surface area (Å²) in [6.07, 6.45) is 1.38. The van der Waals surface area contributed by atoms with Gasteiger partial charge in [-0.2, -0.15) is 0 Å². The lowest BCUT2D eigenvalue weighted by molar-refractivity contribution is -0.115. The molecule has 0 saturated heterocycles. The van der Waals surface area contributed by atoms with E-state index in [1.807, 2.05) is 30.3 Å². The van der Waals surface area contributed by atoms with Crippen molar-refractivity contribution in [2.75, 3.05) is 5.32 Å². The zero-order valence-electron chi connectivity index (χ0n) is 15.1. The number of carbonyl (C=O) groups is 1. The fourth-order valence-corrected chi connectivity index (χ4v) is 3.35. The highest BCUT2D eigenvalue weighted by molar-refractivity contribution is 8.00. The van der Waals surface area contributed by atoms with Gasteiger partial charge in [-0.25, -0.2) is 9.67 Å². The maximum Gasteiger partial charge on any atom is 0.295 e. The lowest BCUT2D eigenvalue weighted by atomic mass is 10.3. The first kappa shape index (κ1) is 18.7. The van der Waals surface area contributed by atoms with E-state index in [9.17, 15) is 14.4 Å². The highest BCUT2D eigenvalue weighted by atomic mass is 32.2. The molecule has 0 bridgehead atoms. The van der Waals surface area contributed by atoms with Crippen LogP contribution in [0.3, 0.4) is 0 Å². The number of hydrogen-bond donors (Lipinski definition) is 2. The predicted octanol–water partition coefficient (Wildman–Crippen LogP) is 1.69. The number of carbonyl (C=O) groups excluding carboxylic acids is 1. The second-order valence-corrected chi connectivity index (χ2v) is 7.25. The van der Waals surface area contributed by atoms with Gasteiger partial charge in [0.1, 0.15) is 5.69 Å². The van der Waals surface area contributed by atoms with Crippen LogP contribution < -0.4 is 16.4 Å². The Morgan fingerprint density at radius 3 is 2.59 bits per heavy atom. The molecular formula is C18H19N5O3S. The van der Waals surface area contributed by atoms with E-state index in [4.69, 9.17) is 0 Å². The average Bonchev–Trinajstić information content (AvgIpc) is 2.85. The van der Waals surface area contributed by atoms with Crippen molar-refractivity contribution in [1.29, 1.82) is 0 Å². The van der Waals surface area contributed by atoms with Gasteiger partial charge in [-0.1, -0.05) is 30.0 Å². The van der Waals surface area contributed by atoms with Gasteiger partial charge in [0.2, 0.25) is 5.91 Å². The smallest absolute Gasteiger partial charge is 0.295 e. The molecule has 9 heteroatoms. The Morgan fingerprint density at radius 2 is 1.93 bits per heavy atom. The van der Waals surface area contributed by atoms with Crippen LogP contribution in [0.4, 0.5) is 5.69 Å². The van der Waals surface area contributed by atoms with Gasteiger partial charge in [-0.05, 0) is 26.0 Å². The third-order valence-corrected chi connectivity index (χ3v) is 5.11. The molecule has 2 aromatic heterocycles. The first-order valence-electron chi connectivity index (χ1n) is 8.25. The van der Waals surface area contributed by atoms with E-state index in [2.05, 4.69) is 15.3 Å². The molecule has 1 aromatic carbocycles. The normalized spacial score (nSPS) is 12.0. The number of benzene rings is 1. The van der Waals surface area contributed by atoms with Crippen LogP contribution in [0.5, 0.6) is 0 Å². The second kappa shape index (κ2) is 7.67. The average molecular weight is 385 g/mol. The number of nitrogens with zero attached hydrogens (tertiary/aromatic N) is 3. The number of rotatable bonds is 5. The van der Waals surface area contributed by atoms with Crippen LogP contribution in [0, 0.1) is 6.92 Å². The number of thioether (sulfide) groups is 1. The summed E-state index contributed by atoms with van der Waals surface area (Å²) < 4.78 is 3.19. The number of aromatic amines is 1. The topological polar surface area (TPSA) is 102 Å². The molecule has 3 rings (SSSR count). The van der Waals surface area contributed by atoms with Gasteiger partial charge in [-0.3, -0.25) is 19.1 Å². The number of aromatic nitrogens is 4. The molecule has 3 aromatic rings. The Hall–Kier alpha value is -3.07. The molecule has 0 spiro atoms. The van der Waals surface area contributed by atoms with Gasteiger partial charge >= 0.3 is 0 Å². The van der Waals surface area contributed by atoms with Crippen molar-refractivity contribution in [2.24, 2.45) is 7.05 Å². The molecule has 0 aliphatic carbocycles. The Kier molecular flexibility index (Phi) is 5.31. The van der Waals surface area contributed by atoms with E-state index in [0.29, 0.717) is 16.5 Å². The number of nitrogens with one attached hydrogen (secondary N) is 2. The Morgan fingerprint density at radius 1 is 1.22 bits per heavy atom. The fraction of sp³-hybridized carbons (Fsp3) is 0.222. The first-order valence-corrected chi connectivity index (χ1v) is 9.13. The summed E-state index contributed by atoms with van der Waals surface area (Å²) in [4.78, 5) is 43.3. The first-order chi connectivity index (χ1) is 12.9. The fourth-order valence-electron chi connectivity index (χ4n) is 2.57. The summed E-state index contributed by atoms with van der Waals surface area (Å²) in [7, 11) is 1.76. The van der Waals surface area contributed by atoms with Gasteiger partial charge in [0.15, 0.2) is 5.16 Å². The van der Waals surface area contributed by atoms with Gasteiger partial charge in [0.25, 0.3) is 11.1 Å². The molecule has 0 radical (unpaired) electrons. The van der Waals surface area contributed by atoms with Crippen LogP contribution in [0.15, 0.2) is 57.3 Å². The molecule has 140 valence electrons. The summed E-state index contributed by atoms with van der Waals surface area (Å²) in [5, 5.41) is 2.50. The van der Waals surface area contributed by atoms with Crippen LogP contribution in [-0.2, 0) is 11.8 Å². The highest BCUT2D eigenvalue weighted by Crippen LogP contribution is 2.20. The third kappa shape index (κ3) is 3.87. The molecule has 8 nitrogen and oxygen atoms in total. The minimum Gasteiger partial charge on any atom is -0.319 e.